The zero-order valence-corrected chi connectivity index (χ0v) is 15.3. The Bertz CT molecular complexity index is 978. The van der Waals surface area contributed by atoms with Crippen molar-refractivity contribution >= 4 is 24.6 Å². The third kappa shape index (κ3) is 4.68. The van der Waals surface area contributed by atoms with Gasteiger partial charge in [0.1, 0.15) is 17.2 Å². The molecule has 0 saturated heterocycles. The molecule has 5 nitrogen and oxygen atoms in total. The first-order chi connectivity index (χ1) is 12.9. The van der Waals surface area contributed by atoms with Gasteiger partial charge in [-0.15, -0.1) is 12.6 Å². The molecule has 0 spiro atoms. The van der Waals surface area contributed by atoms with Gasteiger partial charge < -0.3 is 14.6 Å². The number of ether oxygens (including phenoxy) is 2. The fraction of sp³-hybridized carbons (Fsp3) is 0.0476. The van der Waals surface area contributed by atoms with E-state index in [0.717, 1.165) is 5.56 Å². The molecule has 3 aromatic rings. The lowest BCUT2D eigenvalue weighted by Gasteiger charge is -2.07. The molecule has 6 heteroatoms. The molecule has 0 fully saturated rings. The van der Waals surface area contributed by atoms with Crippen LogP contribution in [0.25, 0.3) is 0 Å². The van der Waals surface area contributed by atoms with Crippen molar-refractivity contribution in [2.75, 3.05) is 0 Å². The Balaban J connectivity index is 1.64. The van der Waals surface area contributed by atoms with Gasteiger partial charge in [0.25, 0.3) is 0 Å². The van der Waals surface area contributed by atoms with Gasteiger partial charge in [-0.3, -0.25) is 0 Å². The third-order valence-corrected chi connectivity index (χ3v) is 4.10. The zero-order valence-electron chi connectivity index (χ0n) is 14.4. The van der Waals surface area contributed by atoms with Gasteiger partial charge in [-0.2, -0.15) is 0 Å². The van der Waals surface area contributed by atoms with Crippen molar-refractivity contribution < 1.29 is 24.2 Å². The fourth-order valence-corrected chi connectivity index (χ4v) is 2.46. The van der Waals surface area contributed by atoms with Gasteiger partial charge in [0, 0.05) is 4.90 Å². The molecule has 0 unspecified atom stereocenters. The zero-order chi connectivity index (χ0) is 19.4. The van der Waals surface area contributed by atoms with Crippen LogP contribution in [0.3, 0.4) is 0 Å². The summed E-state index contributed by atoms with van der Waals surface area (Å²) in [4.78, 5) is 24.5. The minimum absolute atomic E-state index is 0.0189. The molecule has 0 aromatic heterocycles. The molecule has 3 rings (SSSR count). The van der Waals surface area contributed by atoms with Crippen LogP contribution in [0, 0.1) is 6.92 Å². The minimum atomic E-state index is -0.588. The topological polar surface area (TPSA) is 72.8 Å². The first-order valence-corrected chi connectivity index (χ1v) is 8.50. The lowest BCUT2D eigenvalue weighted by Crippen LogP contribution is -2.09. The van der Waals surface area contributed by atoms with Crippen LogP contribution in [0.4, 0.5) is 0 Å². The van der Waals surface area contributed by atoms with Crippen molar-refractivity contribution in [3.63, 3.8) is 0 Å². The summed E-state index contributed by atoms with van der Waals surface area (Å²) in [7, 11) is 0. The number of carbonyl (C=O) groups excluding carboxylic acids is 2. The number of hydrogen-bond donors (Lipinski definition) is 2. The second kappa shape index (κ2) is 7.97. The van der Waals surface area contributed by atoms with Crippen molar-refractivity contribution in [2.45, 2.75) is 11.8 Å². The number of benzene rings is 3. The summed E-state index contributed by atoms with van der Waals surface area (Å²) >= 11 is 4.06. The molecular formula is C21H16O5S. The normalized spacial score (nSPS) is 10.3. The van der Waals surface area contributed by atoms with E-state index in [0.29, 0.717) is 17.1 Å². The van der Waals surface area contributed by atoms with Crippen LogP contribution in [-0.2, 0) is 0 Å². The van der Waals surface area contributed by atoms with E-state index in [4.69, 9.17) is 9.47 Å². The van der Waals surface area contributed by atoms with Crippen molar-refractivity contribution in [1.29, 1.82) is 0 Å². The number of phenols is 1. The molecule has 0 aliphatic carbocycles. The quantitative estimate of drug-likeness (QED) is 0.398. The van der Waals surface area contributed by atoms with Gasteiger partial charge >= 0.3 is 11.9 Å². The van der Waals surface area contributed by atoms with Gasteiger partial charge in [0.2, 0.25) is 0 Å². The Hall–Kier alpha value is -3.25. The molecule has 0 aliphatic heterocycles. The van der Waals surface area contributed by atoms with E-state index in [-0.39, 0.29) is 16.2 Å². The average molecular weight is 380 g/mol. The van der Waals surface area contributed by atoms with Crippen LogP contribution in [-0.4, -0.2) is 17.0 Å². The number of hydrogen-bond acceptors (Lipinski definition) is 6. The van der Waals surface area contributed by atoms with E-state index in [1.807, 2.05) is 19.1 Å². The van der Waals surface area contributed by atoms with Crippen LogP contribution in [0.1, 0.15) is 26.3 Å². The summed E-state index contributed by atoms with van der Waals surface area (Å²) in [5.74, 6) is -0.443. The summed E-state index contributed by atoms with van der Waals surface area (Å²) in [6.45, 7) is 1.93. The highest BCUT2D eigenvalue weighted by atomic mass is 32.1. The molecule has 0 radical (unpaired) electrons. The SMILES string of the molecule is Cc1ccc(C(=O)Oc2ccc(OC(=O)c3ccc(O)c(S)c3)cc2)cc1. The number of thiol groups is 1. The van der Waals surface area contributed by atoms with Crippen LogP contribution < -0.4 is 9.47 Å². The van der Waals surface area contributed by atoms with Crippen LogP contribution >= 0.6 is 12.6 Å². The van der Waals surface area contributed by atoms with Crippen LogP contribution in [0.15, 0.2) is 71.6 Å². The number of aryl methyl sites for hydroxylation is 1. The van der Waals surface area contributed by atoms with E-state index in [2.05, 4.69) is 12.6 Å². The molecule has 0 saturated carbocycles. The molecule has 1 N–H and O–H groups in total. The van der Waals surface area contributed by atoms with Crippen LogP contribution in [0.2, 0.25) is 0 Å². The van der Waals surface area contributed by atoms with Gasteiger partial charge in [0.15, 0.2) is 0 Å². The molecule has 0 amide bonds. The minimum Gasteiger partial charge on any atom is -0.507 e. The lowest BCUT2D eigenvalue weighted by atomic mass is 10.1. The second-order valence-corrected chi connectivity index (χ2v) is 6.30. The molecular weight excluding hydrogens is 364 g/mol. The molecule has 0 heterocycles. The van der Waals surface area contributed by atoms with E-state index in [1.54, 1.807) is 12.1 Å². The predicted molar refractivity (Wildman–Crippen MR) is 103 cm³/mol. The summed E-state index contributed by atoms with van der Waals surface area (Å²) in [6, 6.07) is 17.4. The molecule has 3 aromatic carbocycles. The highest BCUT2D eigenvalue weighted by Crippen LogP contribution is 2.24. The summed E-state index contributed by atoms with van der Waals surface area (Å²) in [5.41, 5.74) is 1.76. The van der Waals surface area contributed by atoms with Gasteiger partial charge in [-0.25, -0.2) is 9.59 Å². The van der Waals surface area contributed by atoms with E-state index in [9.17, 15) is 14.7 Å². The molecule has 0 bridgehead atoms. The van der Waals surface area contributed by atoms with E-state index in [1.165, 1.54) is 42.5 Å². The summed E-state index contributed by atoms with van der Waals surface area (Å²) < 4.78 is 10.6. The summed E-state index contributed by atoms with van der Waals surface area (Å²) in [5, 5.41) is 9.44. The third-order valence-electron chi connectivity index (χ3n) is 3.74. The summed E-state index contributed by atoms with van der Waals surface area (Å²) in [6.07, 6.45) is 0. The smallest absolute Gasteiger partial charge is 0.343 e. The Morgan fingerprint density at radius 2 is 1.26 bits per heavy atom. The highest BCUT2D eigenvalue weighted by Gasteiger charge is 2.12. The van der Waals surface area contributed by atoms with Crippen molar-refractivity contribution in [1.82, 2.24) is 0 Å². The fourth-order valence-electron chi connectivity index (χ4n) is 2.25. The van der Waals surface area contributed by atoms with Gasteiger partial charge in [-0.05, 0) is 61.5 Å². The Kier molecular flexibility index (Phi) is 5.47. The Morgan fingerprint density at radius 1 is 0.778 bits per heavy atom. The first kappa shape index (κ1) is 18.5. The van der Waals surface area contributed by atoms with Crippen molar-refractivity contribution in [2.24, 2.45) is 0 Å². The molecule has 0 aliphatic rings. The van der Waals surface area contributed by atoms with Crippen LogP contribution in [0.5, 0.6) is 17.2 Å². The maximum Gasteiger partial charge on any atom is 0.343 e. The largest absolute Gasteiger partial charge is 0.507 e. The second-order valence-electron chi connectivity index (χ2n) is 5.82. The number of rotatable bonds is 4. The highest BCUT2D eigenvalue weighted by molar-refractivity contribution is 7.80. The first-order valence-electron chi connectivity index (χ1n) is 8.05. The monoisotopic (exact) mass is 380 g/mol. The molecule has 0 atom stereocenters. The van der Waals surface area contributed by atoms with Crippen molar-refractivity contribution in [3.05, 3.63) is 83.4 Å². The van der Waals surface area contributed by atoms with E-state index >= 15 is 0 Å². The van der Waals surface area contributed by atoms with Gasteiger partial charge in [0.05, 0.1) is 11.1 Å². The van der Waals surface area contributed by atoms with Gasteiger partial charge in [-0.1, -0.05) is 17.7 Å². The number of carbonyl (C=O) groups is 2. The predicted octanol–water partition coefficient (Wildman–Crippen LogP) is 4.43. The molecule has 27 heavy (non-hydrogen) atoms. The lowest BCUT2D eigenvalue weighted by molar-refractivity contribution is 0.0719. The Morgan fingerprint density at radius 3 is 1.78 bits per heavy atom. The number of esters is 2. The molecule has 136 valence electrons. The maximum atomic E-state index is 12.1. The Labute approximate surface area is 161 Å². The van der Waals surface area contributed by atoms with Crippen molar-refractivity contribution in [3.8, 4) is 17.2 Å². The average Bonchev–Trinajstić information content (AvgIpc) is 2.66. The number of aromatic hydroxyl groups is 1. The van der Waals surface area contributed by atoms with E-state index < -0.39 is 11.9 Å². The standard InChI is InChI=1S/C21H16O5S/c1-13-2-4-14(5-3-13)20(23)25-16-7-9-17(10-8-16)26-21(24)15-6-11-18(22)19(27)12-15/h2-12,22,27H,1H3. The maximum absolute atomic E-state index is 12.1. The number of phenolic OH excluding ortho intramolecular Hbond substituents is 1.